The summed E-state index contributed by atoms with van der Waals surface area (Å²) in [6, 6.07) is 0.0312. The van der Waals surface area contributed by atoms with Crippen molar-refractivity contribution in [3.05, 3.63) is 15.0 Å². The molecular weight excluding hydrogens is 178 g/mol. The van der Waals surface area contributed by atoms with Gasteiger partial charge in [0.15, 0.2) is 0 Å². The second kappa shape index (κ2) is 2.91. The SMILES string of the molecule is O=c1scc(O)n1[C@@H]1CCOC1. The Hall–Kier alpha value is -0.810. The number of ether oxygens (including phenoxy) is 1. The zero-order valence-corrected chi connectivity index (χ0v) is 7.21. The van der Waals surface area contributed by atoms with Gasteiger partial charge < -0.3 is 9.84 Å². The predicted octanol–water partition coefficient (Wildman–Crippen LogP) is 0.577. The first-order valence-corrected chi connectivity index (χ1v) is 4.64. The smallest absolute Gasteiger partial charge is 0.310 e. The highest BCUT2D eigenvalue weighted by atomic mass is 32.1. The molecule has 2 heterocycles. The quantitative estimate of drug-likeness (QED) is 0.699. The minimum absolute atomic E-state index is 0.0312. The summed E-state index contributed by atoms with van der Waals surface area (Å²) in [5, 5.41) is 10.8. The van der Waals surface area contributed by atoms with Gasteiger partial charge in [-0.25, -0.2) is 0 Å². The molecule has 0 unspecified atom stereocenters. The molecular formula is C7H9NO3S. The molecule has 1 N–H and O–H groups in total. The van der Waals surface area contributed by atoms with Crippen LogP contribution in [0.15, 0.2) is 10.2 Å². The lowest BCUT2D eigenvalue weighted by Gasteiger charge is -2.08. The highest BCUT2D eigenvalue weighted by molar-refractivity contribution is 7.07. The zero-order valence-electron chi connectivity index (χ0n) is 6.40. The number of thiazole rings is 1. The lowest BCUT2D eigenvalue weighted by atomic mass is 10.2. The first-order valence-electron chi connectivity index (χ1n) is 3.76. The van der Waals surface area contributed by atoms with E-state index in [2.05, 4.69) is 0 Å². The summed E-state index contributed by atoms with van der Waals surface area (Å²) in [5.41, 5.74) is 0. The molecule has 4 nitrogen and oxygen atoms in total. The Labute approximate surface area is 73.0 Å². The molecule has 2 rings (SSSR count). The van der Waals surface area contributed by atoms with Gasteiger partial charge in [0, 0.05) is 6.61 Å². The molecule has 0 amide bonds. The molecule has 5 heteroatoms. The van der Waals surface area contributed by atoms with Crippen molar-refractivity contribution < 1.29 is 9.84 Å². The summed E-state index contributed by atoms with van der Waals surface area (Å²) in [4.78, 5) is 11.1. The average Bonchev–Trinajstić information content (AvgIpc) is 2.61. The average molecular weight is 187 g/mol. The molecule has 66 valence electrons. The van der Waals surface area contributed by atoms with Crippen LogP contribution in [-0.4, -0.2) is 22.9 Å². The van der Waals surface area contributed by atoms with Crippen molar-refractivity contribution in [2.24, 2.45) is 0 Å². The van der Waals surface area contributed by atoms with E-state index in [-0.39, 0.29) is 16.8 Å². The topological polar surface area (TPSA) is 51.5 Å². The Kier molecular flexibility index (Phi) is 1.90. The van der Waals surface area contributed by atoms with Gasteiger partial charge in [0.2, 0.25) is 5.88 Å². The Bertz CT molecular complexity index is 324. The Morgan fingerprint density at radius 2 is 2.58 bits per heavy atom. The second-order valence-corrected chi connectivity index (χ2v) is 3.57. The van der Waals surface area contributed by atoms with E-state index >= 15 is 0 Å². The third kappa shape index (κ3) is 1.15. The number of aromatic hydroxyl groups is 1. The highest BCUT2D eigenvalue weighted by Gasteiger charge is 2.21. The van der Waals surface area contributed by atoms with Crippen LogP contribution in [0.1, 0.15) is 12.5 Å². The summed E-state index contributed by atoms with van der Waals surface area (Å²) in [6.07, 6.45) is 0.810. The molecule has 12 heavy (non-hydrogen) atoms. The predicted molar refractivity (Wildman–Crippen MR) is 44.7 cm³/mol. The highest BCUT2D eigenvalue weighted by Crippen LogP contribution is 2.22. The van der Waals surface area contributed by atoms with E-state index in [0.717, 1.165) is 17.8 Å². The van der Waals surface area contributed by atoms with Crippen LogP contribution in [0.4, 0.5) is 0 Å². The number of hydrogen-bond acceptors (Lipinski definition) is 4. The van der Waals surface area contributed by atoms with Crippen molar-refractivity contribution in [3.8, 4) is 5.88 Å². The van der Waals surface area contributed by atoms with E-state index in [4.69, 9.17) is 4.74 Å². The van der Waals surface area contributed by atoms with Crippen LogP contribution in [-0.2, 0) is 4.74 Å². The fraction of sp³-hybridized carbons (Fsp3) is 0.571. The molecule has 0 bridgehead atoms. The molecule has 1 saturated heterocycles. The van der Waals surface area contributed by atoms with Gasteiger partial charge in [-0.3, -0.25) is 9.36 Å². The van der Waals surface area contributed by atoms with E-state index in [9.17, 15) is 9.90 Å². The lowest BCUT2D eigenvalue weighted by Crippen LogP contribution is -2.19. The minimum atomic E-state index is -0.108. The Balaban J connectivity index is 2.37. The van der Waals surface area contributed by atoms with Gasteiger partial charge in [-0.1, -0.05) is 11.3 Å². The maximum atomic E-state index is 11.2. The van der Waals surface area contributed by atoms with Crippen LogP contribution in [0, 0.1) is 0 Å². The summed E-state index contributed by atoms with van der Waals surface area (Å²) < 4.78 is 6.53. The number of aromatic nitrogens is 1. The number of rotatable bonds is 1. The van der Waals surface area contributed by atoms with Gasteiger partial charge in [-0.05, 0) is 6.42 Å². The number of nitrogens with zero attached hydrogens (tertiary/aromatic N) is 1. The van der Waals surface area contributed by atoms with Crippen LogP contribution < -0.4 is 4.87 Å². The molecule has 1 aromatic rings. The Morgan fingerprint density at radius 3 is 3.08 bits per heavy atom. The van der Waals surface area contributed by atoms with Gasteiger partial charge >= 0.3 is 4.87 Å². The molecule has 1 aromatic heterocycles. The summed E-state index contributed by atoms with van der Waals surface area (Å²) in [6.45, 7) is 1.20. The third-order valence-corrected chi connectivity index (χ3v) is 2.71. The lowest BCUT2D eigenvalue weighted by molar-refractivity contribution is 0.184. The van der Waals surface area contributed by atoms with E-state index in [1.165, 1.54) is 9.95 Å². The molecule has 0 aromatic carbocycles. The zero-order chi connectivity index (χ0) is 8.55. The molecule has 0 aliphatic carbocycles. The van der Waals surface area contributed by atoms with Gasteiger partial charge in [-0.2, -0.15) is 0 Å². The summed E-state index contributed by atoms with van der Waals surface area (Å²) in [5.74, 6) is 0.0560. The first kappa shape index (κ1) is 7.82. The van der Waals surface area contributed by atoms with Crippen molar-refractivity contribution in [1.82, 2.24) is 4.57 Å². The minimum Gasteiger partial charge on any atom is -0.494 e. The third-order valence-electron chi connectivity index (χ3n) is 1.98. The van der Waals surface area contributed by atoms with Gasteiger partial charge in [-0.15, -0.1) is 0 Å². The maximum absolute atomic E-state index is 11.2. The van der Waals surface area contributed by atoms with E-state index < -0.39 is 0 Å². The molecule has 1 aliphatic heterocycles. The van der Waals surface area contributed by atoms with E-state index in [1.807, 2.05) is 0 Å². The largest absolute Gasteiger partial charge is 0.494 e. The summed E-state index contributed by atoms with van der Waals surface area (Å²) in [7, 11) is 0. The van der Waals surface area contributed by atoms with Crippen LogP contribution in [0.25, 0.3) is 0 Å². The van der Waals surface area contributed by atoms with Crippen LogP contribution in [0.3, 0.4) is 0 Å². The fourth-order valence-electron chi connectivity index (χ4n) is 1.37. The maximum Gasteiger partial charge on any atom is 0.310 e. The van der Waals surface area contributed by atoms with Gasteiger partial charge in [0.25, 0.3) is 0 Å². The normalized spacial score (nSPS) is 23.2. The van der Waals surface area contributed by atoms with Crippen LogP contribution in [0.5, 0.6) is 5.88 Å². The Morgan fingerprint density at radius 1 is 1.75 bits per heavy atom. The molecule has 1 atom stereocenters. The molecule has 0 saturated carbocycles. The number of hydrogen-bond donors (Lipinski definition) is 1. The van der Waals surface area contributed by atoms with Crippen molar-refractivity contribution in [3.63, 3.8) is 0 Å². The van der Waals surface area contributed by atoms with E-state index in [1.54, 1.807) is 0 Å². The van der Waals surface area contributed by atoms with Crippen LogP contribution in [0.2, 0.25) is 0 Å². The van der Waals surface area contributed by atoms with Crippen molar-refractivity contribution in [1.29, 1.82) is 0 Å². The van der Waals surface area contributed by atoms with E-state index in [0.29, 0.717) is 13.2 Å². The molecule has 1 fully saturated rings. The van der Waals surface area contributed by atoms with Crippen LogP contribution >= 0.6 is 11.3 Å². The van der Waals surface area contributed by atoms with Gasteiger partial charge in [0.1, 0.15) is 0 Å². The standard InChI is InChI=1S/C7H9NO3S/c9-6-4-12-7(10)8(6)5-1-2-11-3-5/h4-5,9H,1-3H2/t5-/m1/s1. The molecule has 1 aliphatic rings. The van der Waals surface area contributed by atoms with Crippen molar-refractivity contribution in [2.45, 2.75) is 12.5 Å². The van der Waals surface area contributed by atoms with Gasteiger partial charge in [0.05, 0.1) is 18.0 Å². The fourth-order valence-corrected chi connectivity index (χ4v) is 2.05. The first-order chi connectivity index (χ1) is 5.79. The molecule has 0 spiro atoms. The second-order valence-electron chi connectivity index (χ2n) is 2.75. The monoisotopic (exact) mass is 187 g/mol. The van der Waals surface area contributed by atoms with Crippen molar-refractivity contribution >= 4 is 11.3 Å². The van der Waals surface area contributed by atoms with Crippen molar-refractivity contribution in [2.75, 3.05) is 13.2 Å². The summed E-state index contributed by atoms with van der Waals surface area (Å²) >= 11 is 1.02. The molecule has 0 radical (unpaired) electrons.